The molecule has 0 spiro atoms. The van der Waals surface area contributed by atoms with Gasteiger partial charge in [0.05, 0.1) is 7.11 Å². The van der Waals surface area contributed by atoms with Crippen LogP contribution < -0.4 is 4.74 Å². The number of hydrogen-bond donors (Lipinski definition) is 0. The molecule has 0 saturated carbocycles. The van der Waals surface area contributed by atoms with Crippen LogP contribution in [0, 0.1) is 6.07 Å². The number of methoxy groups -OCH3 is 1. The molecule has 2 heteroatoms. The predicted octanol–water partition coefficient (Wildman–Crippen LogP) is 1.49. The van der Waals surface area contributed by atoms with E-state index in [1.54, 1.807) is 7.11 Å². The first kappa shape index (κ1) is 8.68. The van der Waals surface area contributed by atoms with E-state index in [4.69, 9.17) is 4.74 Å². The van der Waals surface area contributed by atoms with E-state index in [0.717, 1.165) is 5.75 Å². The Morgan fingerprint density at radius 1 is 1.33 bits per heavy atom. The number of benzene rings is 1. The van der Waals surface area contributed by atoms with Gasteiger partial charge in [-0.25, -0.2) is 0 Å². The minimum absolute atomic E-state index is 0. The van der Waals surface area contributed by atoms with Gasteiger partial charge in [-0.05, 0) is 18.2 Å². The molecule has 1 nitrogen and oxygen atoms in total. The molecule has 1 aromatic carbocycles. The summed E-state index contributed by atoms with van der Waals surface area (Å²) in [6, 6.07) is 10.2. The zero-order valence-electron chi connectivity index (χ0n) is 5.03. The van der Waals surface area contributed by atoms with Crippen molar-refractivity contribution in [2.45, 2.75) is 0 Å². The van der Waals surface area contributed by atoms with Gasteiger partial charge in [-0.1, -0.05) is 12.1 Å². The SMILES string of the molecule is COc1cc[c]cc1.[Pd]. The summed E-state index contributed by atoms with van der Waals surface area (Å²) >= 11 is 0. The third kappa shape index (κ3) is 2.65. The maximum absolute atomic E-state index is 4.89. The van der Waals surface area contributed by atoms with Crippen molar-refractivity contribution in [1.82, 2.24) is 0 Å². The molecule has 0 unspecified atom stereocenters. The standard InChI is InChI=1S/C7H7O.Pd/c1-8-7-5-3-2-4-6-7;/h3-6H,1H3;. The Labute approximate surface area is 68.7 Å². The van der Waals surface area contributed by atoms with Gasteiger partial charge in [-0.2, -0.15) is 0 Å². The van der Waals surface area contributed by atoms with Gasteiger partial charge in [0, 0.05) is 20.4 Å². The van der Waals surface area contributed by atoms with Gasteiger partial charge < -0.3 is 4.74 Å². The molecule has 1 aromatic rings. The number of rotatable bonds is 1. The van der Waals surface area contributed by atoms with Crippen LogP contribution in [0.4, 0.5) is 0 Å². The van der Waals surface area contributed by atoms with E-state index in [1.807, 2.05) is 24.3 Å². The molecule has 0 heterocycles. The van der Waals surface area contributed by atoms with E-state index in [1.165, 1.54) is 0 Å². The second-order valence-electron chi connectivity index (χ2n) is 1.44. The van der Waals surface area contributed by atoms with Crippen molar-refractivity contribution in [1.29, 1.82) is 0 Å². The third-order valence-electron chi connectivity index (χ3n) is 0.923. The van der Waals surface area contributed by atoms with E-state index in [-0.39, 0.29) is 20.4 Å². The number of ether oxygens (including phenoxy) is 1. The van der Waals surface area contributed by atoms with E-state index in [2.05, 4.69) is 6.07 Å². The zero-order chi connectivity index (χ0) is 5.82. The van der Waals surface area contributed by atoms with Gasteiger partial charge in [0.2, 0.25) is 0 Å². The van der Waals surface area contributed by atoms with Gasteiger partial charge in [0.25, 0.3) is 0 Å². The Bertz CT molecular complexity index is 150. The van der Waals surface area contributed by atoms with E-state index < -0.39 is 0 Å². The molecule has 0 aliphatic carbocycles. The van der Waals surface area contributed by atoms with Gasteiger partial charge in [-0.3, -0.25) is 0 Å². The molecule has 0 N–H and O–H groups in total. The average Bonchev–Trinajstić information content (AvgIpc) is 1.90. The Hall–Kier alpha value is -0.318. The molecule has 0 saturated heterocycles. The van der Waals surface area contributed by atoms with Crippen LogP contribution in [0.15, 0.2) is 24.3 Å². The molecule has 0 aromatic heterocycles. The molecule has 1 rings (SSSR count). The molecule has 51 valence electrons. The van der Waals surface area contributed by atoms with Crippen LogP contribution in [0.25, 0.3) is 0 Å². The van der Waals surface area contributed by atoms with Gasteiger partial charge in [0.1, 0.15) is 5.75 Å². The third-order valence-corrected chi connectivity index (χ3v) is 0.923. The second-order valence-corrected chi connectivity index (χ2v) is 1.44. The van der Waals surface area contributed by atoms with E-state index in [0.29, 0.717) is 0 Å². The number of hydrogen-bond acceptors (Lipinski definition) is 1. The minimum Gasteiger partial charge on any atom is -0.497 e. The summed E-state index contributed by atoms with van der Waals surface area (Å²) in [5.74, 6) is 0.878. The second kappa shape index (κ2) is 4.55. The van der Waals surface area contributed by atoms with Gasteiger partial charge >= 0.3 is 0 Å². The van der Waals surface area contributed by atoms with E-state index >= 15 is 0 Å². The molecular formula is C7H7OPd. The Kier molecular flexibility index (Phi) is 4.39. The van der Waals surface area contributed by atoms with Crippen molar-refractivity contribution in [2.75, 3.05) is 7.11 Å². The van der Waals surface area contributed by atoms with Crippen molar-refractivity contribution in [3.8, 4) is 5.75 Å². The largest absolute Gasteiger partial charge is 0.497 e. The molecule has 9 heavy (non-hydrogen) atoms. The van der Waals surface area contributed by atoms with Crippen molar-refractivity contribution >= 4 is 0 Å². The zero-order valence-corrected chi connectivity index (χ0v) is 6.59. The van der Waals surface area contributed by atoms with Crippen molar-refractivity contribution < 1.29 is 25.2 Å². The van der Waals surface area contributed by atoms with Crippen LogP contribution in [0.3, 0.4) is 0 Å². The summed E-state index contributed by atoms with van der Waals surface area (Å²) in [6.45, 7) is 0. The maximum atomic E-state index is 4.89. The quantitative estimate of drug-likeness (QED) is 0.643. The summed E-state index contributed by atoms with van der Waals surface area (Å²) in [5.41, 5.74) is 0. The van der Waals surface area contributed by atoms with Crippen molar-refractivity contribution in [3.05, 3.63) is 30.3 Å². The molecule has 0 bridgehead atoms. The first-order valence-corrected chi connectivity index (χ1v) is 2.43. The van der Waals surface area contributed by atoms with Gasteiger partial charge in [0.15, 0.2) is 0 Å². The first-order valence-electron chi connectivity index (χ1n) is 2.43. The average molecular weight is 214 g/mol. The summed E-state index contributed by atoms with van der Waals surface area (Å²) < 4.78 is 4.89. The smallest absolute Gasteiger partial charge is 0.118 e. The molecular weight excluding hydrogens is 206 g/mol. The Balaban J connectivity index is 0.000000640. The maximum Gasteiger partial charge on any atom is 0.118 e. The van der Waals surface area contributed by atoms with Crippen molar-refractivity contribution in [3.63, 3.8) is 0 Å². The summed E-state index contributed by atoms with van der Waals surface area (Å²) in [5, 5.41) is 0. The molecule has 0 atom stereocenters. The fourth-order valence-electron chi connectivity index (χ4n) is 0.508. The Morgan fingerprint density at radius 3 is 2.22 bits per heavy atom. The van der Waals surface area contributed by atoms with Crippen LogP contribution in [0.5, 0.6) is 5.75 Å². The first-order chi connectivity index (χ1) is 3.93. The molecule has 0 aliphatic heterocycles. The normalized spacial score (nSPS) is 7.67. The summed E-state index contributed by atoms with van der Waals surface area (Å²) in [4.78, 5) is 0. The molecule has 0 fully saturated rings. The van der Waals surface area contributed by atoms with Crippen LogP contribution in [0.1, 0.15) is 0 Å². The van der Waals surface area contributed by atoms with Crippen LogP contribution in [-0.4, -0.2) is 7.11 Å². The fraction of sp³-hybridized carbons (Fsp3) is 0.143. The van der Waals surface area contributed by atoms with Crippen LogP contribution >= 0.6 is 0 Å². The van der Waals surface area contributed by atoms with Crippen LogP contribution in [0.2, 0.25) is 0 Å². The Morgan fingerprint density at radius 2 is 1.89 bits per heavy atom. The topological polar surface area (TPSA) is 9.23 Å². The van der Waals surface area contributed by atoms with Gasteiger partial charge in [-0.15, -0.1) is 0 Å². The molecule has 1 radical (unpaired) electrons. The molecule has 0 aliphatic rings. The van der Waals surface area contributed by atoms with E-state index in [9.17, 15) is 0 Å². The van der Waals surface area contributed by atoms with Crippen LogP contribution in [-0.2, 0) is 20.4 Å². The fourth-order valence-corrected chi connectivity index (χ4v) is 0.508. The minimum atomic E-state index is 0. The summed E-state index contributed by atoms with van der Waals surface area (Å²) in [6.07, 6.45) is 0. The molecule has 0 amide bonds. The monoisotopic (exact) mass is 213 g/mol. The van der Waals surface area contributed by atoms with Crippen molar-refractivity contribution in [2.24, 2.45) is 0 Å². The predicted molar refractivity (Wildman–Crippen MR) is 31.8 cm³/mol. The summed E-state index contributed by atoms with van der Waals surface area (Å²) in [7, 11) is 1.65.